The molecule has 1 aromatic carbocycles. The summed E-state index contributed by atoms with van der Waals surface area (Å²) in [6.07, 6.45) is 7.62. The number of alkyl halides is 2. The van der Waals surface area contributed by atoms with Crippen molar-refractivity contribution in [1.29, 1.82) is 5.26 Å². The molecule has 1 N–H and O–H groups in total. The van der Waals surface area contributed by atoms with E-state index in [1.165, 1.54) is 13.2 Å². The van der Waals surface area contributed by atoms with Crippen molar-refractivity contribution >= 4 is 11.6 Å². The average Bonchev–Trinajstić information content (AvgIpc) is 3.43. The number of fused-ring (bicyclic) bond motifs is 1. The van der Waals surface area contributed by atoms with E-state index in [2.05, 4.69) is 21.5 Å². The largest absolute Gasteiger partial charge is 0.496 e. The summed E-state index contributed by atoms with van der Waals surface area (Å²) in [6.45, 7) is -1.53. The van der Waals surface area contributed by atoms with Crippen LogP contribution in [0, 0.1) is 11.3 Å². The number of ether oxygens (including phenoxy) is 3. The van der Waals surface area contributed by atoms with Gasteiger partial charge < -0.3 is 19.5 Å². The van der Waals surface area contributed by atoms with Gasteiger partial charge in [-0.2, -0.15) is 19.1 Å². The summed E-state index contributed by atoms with van der Waals surface area (Å²) in [4.78, 5) is 17.3. The minimum atomic E-state index is -3.15. The second-order valence-corrected chi connectivity index (χ2v) is 8.89. The molecule has 4 aromatic rings. The third-order valence-corrected chi connectivity index (χ3v) is 6.05. The number of hydrogen-bond donors (Lipinski definition) is 1. The SMILES string of the molecule is COc1cc(-c2cnc3cc(-c4cnn(C)c4)c(OC(C)C#N)cn23)cc(OC(F)F)c1C(=O)NC1CC1. The number of benzene rings is 1. The first-order chi connectivity index (χ1) is 18.3. The van der Waals surface area contributed by atoms with E-state index < -0.39 is 18.6 Å². The van der Waals surface area contributed by atoms with Crippen molar-refractivity contribution in [1.82, 2.24) is 24.5 Å². The number of imidazole rings is 1. The van der Waals surface area contributed by atoms with E-state index in [-0.39, 0.29) is 23.1 Å². The average molecular weight is 523 g/mol. The highest BCUT2D eigenvalue weighted by molar-refractivity contribution is 6.01. The molecule has 3 aromatic heterocycles. The zero-order chi connectivity index (χ0) is 27.0. The number of nitrogens with zero attached hydrogens (tertiary/aromatic N) is 5. The highest BCUT2D eigenvalue weighted by Gasteiger charge is 2.29. The number of methoxy groups -OCH3 is 1. The summed E-state index contributed by atoms with van der Waals surface area (Å²) < 4.78 is 46.1. The van der Waals surface area contributed by atoms with Crippen LogP contribution in [-0.4, -0.2) is 50.9 Å². The van der Waals surface area contributed by atoms with Crippen LogP contribution in [0.1, 0.15) is 30.1 Å². The van der Waals surface area contributed by atoms with E-state index in [1.54, 1.807) is 53.8 Å². The fraction of sp³-hybridized carbons (Fsp3) is 0.308. The Balaban J connectivity index is 1.65. The van der Waals surface area contributed by atoms with Crippen molar-refractivity contribution in [3.05, 3.63) is 48.5 Å². The van der Waals surface area contributed by atoms with Crippen molar-refractivity contribution in [3.63, 3.8) is 0 Å². The summed E-state index contributed by atoms with van der Waals surface area (Å²) in [5, 5.41) is 16.3. The molecule has 38 heavy (non-hydrogen) atoms. The van der Waals surface area contributed by atoms with Crippen LogP contribution in [0.15, 0.2) is 43.0 Å². The molecule has 1 unspecified atom stereocenters. The van der Waals surface area contributed by atoms with Gasteiger partial charge >= 0.3 is 6.61 Å². The lowest BCUT2D eigenvalue weighted by atomic mass is 10.1. The van der Waals surface area contributed by atoms with E-state index in [4.69, 9.17) is 14.2 Å². The number of carbonyl (C=O) groups excluding carboxylic acids is 1. The first-order valence-corrected chi connectivity index (χ1v) is 11.8. The molecule has 1 aliphatic rings. The molecule has 1 atom stereocenters. The molecule has 0 spiro atoms. The summed E-state index contributed by atoms with van der Waals surface area (Å²) in [5.74, 6) is -0.390. The van der Waals surface area contributed by atoms with Crippen LogP contribution in [0.5, 0.6) is 17.2 Å². The van der Waals surface area contributed by atoms with Gasteiger partial charge in [0.1, 0.15) is 34.5 Å². The number of nitrogens with one attached hydrogen (secondary N) is 1. The second kappa shape index (κ2) is 10.0. The Morgan fingerprint density at radius 2 is 1.89 bits per heavy atom. The van der Waals surface area contributed by atoms with Gasteiger partial charge in [-0.1, -0.05) is 0 Å². The van der Waals surface area contributed by atoms with E-state index in [9.17, 15) is 18.8 Å². The number of nitriles is 1. The molecule has 0 saturated heterocycles. The monoisotopic (exact) mass is 522 g/mol. The van der Waals surface area contributed by atoms with Gasteiger partial charge in [-0.3, -0.25) is 13.9 Å². The normalized spacial score (nSPS) is 13.8. The third-order valence-electron chi connectivity index (χ3n) is 6.05. The number of aryl methyl sites for hydroxylation is 1. The van der Waals surface area contributed by atoms with Crippen molar-refractivity contribution in [2.75, 3.05) is 7.11 Å². The van der Waals surface area contributed by atoms with E-state index >= 15 is 0 Å². The molecular formula is C26H24F2N6O4. The van der Waals surface area contributed by atoms with Gasteiger partial charge in [0.2, 0.25) is 0 Å². The van der Waals surface area contributed by atoms with Crippen molar-refractivity contribution < 1.29 is 27.8 Å². The Morgan fingerprint density at radius 1 is 1.13 bits per heavy atom. The highest BCUT2D eigenvalue weighted by atomic mass is 19.3. The Morgan fingerprint density at radius 3 is 2.53 bits per heavy atom. The van der Waals surface area contributed by atoms with Crippen molar-refractivity contribution in [3.8, 4) is 45.7 Å². The minimum absolute atomic E-state index is 0.00768. The Labute approximate surface area is 216 Å². The summed E-state index contributed by atoms with van der Waals surface area (Å²) >= 11 is 0. The molecule has 1 saturated carbocycles. The second-order valence-electron chi connectivity index (χ2n) is 8.89. The van der Waals surface area contributed by atoms with Crippen LogP contribution in [0.4, 0.5) is 8.78 Å². The first kappa shape index (κ1) is 25.0. The van der Waals surface area contributed by atoms with Crippen molar-refractivity contribution in [2.45, 2.75) is 38.5 Å². The van der Waals surface area contributed by atoms with Crippen LogP contribution < -0.4 is 19.5 Å². The van der Waals surface area contributed by atoms with Crippen LogP contribution in [0.3, 0.4) is 0 Å². The fourth-order valence-electron chi connectivity index (χ4n) is 4.11. The lowest BCUT2D eigenvalue weighted by Gasteiger charge is -2.17. The van der Waals surface area contributed by atoms with Crippen LogP contribution in [0.25, 0.3) is 28.0 Å². The van der Waals surface area contributed by atoms with E-state index in [0.717, 1.165) is 18.4 Å². The Bertz CT molecular complexity index is 1550. The molecule has 5 rings (SSSR count). The quantitative estimate of drug-likeness (QED) is 0.350. The third kappa shape index (κ3) is 4.95. The molecular weight excluding hydrogens is 498 g/mol. The molecule has 0 bridgehead atoms. The number of hydrogen-bond acceptors (Lipinski definition) is 7. The predicted octanol–water partition coefficient (Wildman–Crippen LogP) is 4.19. The standard InChI is InChI=1S/C26H24F2N6O4/c1-14(9-29)37-22-13-34-19(11-30-23(34)8-18(22)16-10-31-33(2)12-16)15-6-20(36-3)24(21(7-15)38-26(27)28)25(35)32-17-4-5-17/h6-8,10-14,17,26H,4-5H2,1-3H3,(H,32,35). The van der Waals surface area contributed by atoms with Crippen LogP contribution >= 0.6 is 0 Å². The zero-order valence-corrected chi connectivity index (χ0v) is 20.8. The maximum Gasteiger partial charge on any atom is 0.387 e. The summed E-state index contributed by atoms with van der Waals surface area (Å²) in [6, 6.07) is 6.76. The maximum absolute atomic E-state index is 13.4. The highest BCUT2D eigenvalue weighted by Crippen LogP contribution is 2.39. The smallest absolute Gasteiger partial charge is 0.387 e. The lowest BCUT2D eigenvalue weighted by molar-refractivity contribution is -0.0502. The van der Waals surface area contributed by atoms with Crippen LogP contribution in [0.2, 0.25) is 0 Å². The number of halogens is 2. The zero-order valence-electron chi connectivity index (χ0n) is 20.8. The van der Waals surface area contributed by atoms with Gasteiger partial charge in [0.05, 0.1) is 31.4 Å². The predicted molar refractivity (Wildman–Crippen MR) is 132 cm³/mol. The lowest BCUT2D eigenvalue weighted by Crippen LogP contribution is -2.26. The molecule has 12 heteroatoms. The molecule has 1 aliphatic carbocycles. The van der Waals surface area contributed by atoms with Gasteiger partial charge in [-0.25, -0.2) is 4.98 Å². The van der Waals surface area contributed by atoms with Crippen molar-refractivity contribution in [2.24, 2.45) is 7.05 Å². The van der Waals surface area contributed by atoms with Gasteiger partial charge in [-0.15, -0.1) is 0 Å². The van der Waals surface area contributed by atoms with Gasteiger partial charge in [0.25, 0.3) is 5.91 Å². The Hall–Kier alpha value is -4.66. The molecule has 1 fully saturated rings. The maximum atomic E-state index is 13.4. The molecule has 196 valence electrons. The minimum Gasteiger partial charge on any atom is -0.496 e. The van der Waals surface area contributed by atoms with Crippen LogP contribution in [-0.2, 0) is 7.05 Å². The number of carbonyl (C=O) groups is 1. The van der Waals surface area contributed by atoms with Gasteiger partial charge in [0, 0.05) is 36.0 Å². The summed E-state index contributed by atoms with van der Waals surface area (Å²) in [5.41, 5.74) is 2.78. The molecule has 0 radical (unpaired) electrons. The molecule has 10 nitrogen and oxygen atoms in total. The summed E-state index contributed by atoms with van der Waals surface area (Å²) in [7, 11) is 3.14. The molecule has 0 aliphatic heterocycles. The number of pyridine rings is 1. The Kier molecular flexibility index (Phi) is 6.59. The van der Waals surface area contributed by atoms with Gasteiger partial charge in [-0.05, 0) is 38.0 Å². The van der Waals surface area contributed by atoms with Gasteiger partial charge in [0.15, 0.2) is 6.10 Å². The van der Waals surface area contributed by atoms with E-state index in [1.807, 2.05) is 6.20 Å². The number of amides is 1. The number of rotatable bonds is 9. The molecule has 1 amide bonds. The number of aromatic nitrogens is 4. The fourth-order valence-corrected chi connectivity index (χ4v) is 4.11. The van der Waals surface area contributed by atoms with E-state index in [0.29, 0.717) is 28.2 Å². The topological polar surface area (TPSA) is 116 Å². The molecule has 3 heterocycles. The first-order valence-electron chi connectivity index (χ1n) is 11.8.